The van der Waals surface area contributed by atoms with Crippen molar-refractivity contribution in [1.29, 1.82) is 0 Å². The first-order valence-electron chi connectivity index (χ1n) is 10.4. The third-order valence-corrected chi connectivity index (χ3v) is 5.67. The van der Waals surface area contributed by atoms with Gasteiger partial charge < -0.3 is 10.6 Å². The zero-order valence-electron chi connectivity index (χ0n) is 16.9. The maximum Gasteiger partial charge on any atom is 0.241 e. The van der Waals surface area contributed by atoms with Crippen molar-refractivity contribution in [2.24, 2.45) is 5.92 Å². The lowest BCUT2D eigenvalue weighted by atomic mass is 9.95. The smallest absolute Gasteiger partial charge is 0.241 e. The second kappa shape index (κ2) is 9.69. The zero-order chi connectivity index (χ0) is 19.9. The summed E-state index contributed by atoms with van der Waals surface area (Å²) in [5, 5.41) is 8.34. The van der Waals surface area contributed by atoms with Crippen LogP contribution in [0, 0.1) is 5.92 Å². The highest BCUT2D eigenvalue weighted by molar-refractivity contribution is 5.97. The lowest BCUT2D eigenvalue weighted by Gasteiger charge is -2.34. The van der Waals surface area contributed by atoms with Gasteiger partial charge in [0, 0.05) is 18.2 Å². The average molecular weight is 382 g/mol. The minimum absolute atomic E-state index is 0.00104. The van der Waals surface area contributed by atoms with Gasteiger partial charge in [0.25, 0.3) is 0 Å². The van der Waals surface area contributed by atoms with Gasteiger partial charge in [-0.1, -0.05) is 43.7 Å². The Hall–Kier alpha value is -2.40. The van der Waals surface area contributed by atoms with E-state index in [1.807, 2.05) is 43.3 Å². The van der Waals surface area contributed by atoms with E-state index in [-0.39, 0.29) is 23.8 Å². The molecule has 0 spiro atoms. The van der Waals surface area contributed by atoms with Crippen molar-refractivity contribution in [2.45, 2.75) is 45.6 Å². The summed E-state index contributed by atoms with van der Waals surface area (Å²) in [6.07, 6.45) is 3.73. The number of benzene rings is 2. The van der Waals surface area contributed by atoms with Gasteiger partial charge in [0.2, 0.25) is 11.8 Å². The second-order valence-electron chi connectivity index (χ2n) is 7.68. The van der Waals surface area contributed by atoms with Gasteiger partial charge in [-0.25, -0.2) is 0 Å². The fourth-order valence-electron chi connectivity index (χ4n) is 3.76. The summed E-state index contributed by atoms with van der Waals surface area (Å²) in [4.78, 5) is 27.1. The van der Waals surface area contributed by atoms with Crippen molar-refractivity contribution in [3.63, 3.8) is 0 Å². The topological polar surface area (TPSA) is 61.4 Å². The quantitative estimate of drug-likeness (QED) is 0.717. The summed E-state index contributed by atoms with van der Waals surface area (Å²) in [5.74, 6) is 0.242. The highest BCUT2D eigenvalue weighted by Gasteiger charge is 2.29. The number of piperidine rings is 1. The summed E-state index contributed by atoms with van der Waals surface area (Å²) < 4.78 is 0. The number of fused-ring (bicyclic) bond motifs is 1. The molecule has 1 aliphatic heterocycles. The van der Waals surface area contributed by atoms with Crippen LogP contribution in [0.25, 0.3) is 10.8 Å². The molecule has 5 heteroatoms. The first kappa shape index (κ1) is 20.3. The van der Waals surface area contributed by atoms with E-state index in [2.05, 4.69) is 28.5 Å². The average Bonchev–Trinajstić information content (AvgIpc) is 2.73. The molecule has 1 atom stereocenters. The number of hydrogen-bond donors (Lipinski definition) is 2. The van der Waals surface area contributed by atoms with E-state index in [4.69, 9.17) is 0 Å². The molecule has 1 fully saturated rings. The van der Waals surface area contributed by atoms with Gasteiger partial charge in [0.15, 0.2) is 0 Å². The number of carbonyl (C=O) groups excluding carboxylic acids is 2. The summed E-state index contributed by atoms with van der Waals surface area (Å²) in [7, 11) is 0. The molecule has 2 aromatic rings. The first-order valence-corrected chi connectivity index (χ1v) is 10.4. The number of nitrogens with one attached hydrogen (secondary N) is 2. The van der Waals surface area contributed by atoms with Gasteiger partial charge in [0.1, 0.15) is 0 Å². The van der Waals surface area contributed by atoms with Crippen LogP contribution in [0.5, 0.6) is 0 Å². The van der Waals surface area contributed by atoms with E-state index < -0.39 is 0 Å². The van der Waals surface area contributed by atoms with Gasteiger partial charge in [-0.2, -0.15) is 0 Å². The molecule has 2 amide bonds. The monoisotopic (exact) mass is 381 g/mol. The lowest BCUT2D eigenvalue weighted by molar-refractivity contribution is -0.127. The van der Waals surface area contributed by atoms with E-state index in [9.17, 15) is 9.59 Å². The van der Waals surface area contributed by atoms with Crippen LogP contribution in [0.2, 0.25) is 0 Å². The molecule has 2 N–H and O–H groups in total. The van der Waals surface area contributed by atoms with Crippen molar-refractivity contribution in [1.82, 2.24) is 10.2 Å². The summed E-state index contributed by atoms with van der Waals surface area (Å²) >= 11 is 0. The number of rotatable bonds is 7. The van der Waals surface area contributed by atoms with Crippen LogP contribution < -0.4 is 10.6 Å². The van der Waals surface area contributed by atoms with Crippen molar-refractivity contribution < 1.29 is 9.59 Å². The van der Waals surface area contributed by atoms with Gasteiger partial charge >= 0.3 is 0 Å². The Morgan fingerprint density at radius 1 is 1.11 bits per heavy atom. The van der Waals surface area contributed by atoms with E-state index in [0.29, 0.717) is 0 Å². The number of likely N-dealkylation sites (tertiary alicyclic amines) is 1. The molecule has 150 valence electrons. The molecule has 28 heavy (non-hydrogen) atoms. The van der Waals surface area contributed by atoms with E-state index in [0.717, 1.165) is 61.8 Å². The largest absolute Gasteiger partial charge is 0.356 e. The Balaban J connectivity index is 1.50. The molecule has 0 unspecified atom stereocenters. The minimum Gasteiger partial charge on any atom is -0.356 e. The highest BCUT2D eigenvalue weighted by atomic mass is 16.2. The number of anilines is 1. The van der Waals surface area contributed by atoms with Crippen molar-refractivity contribution in [2.75, 3.05) is 25.0 Å². The molecule has 3 rings (SSSR count). The normalized spacial score (nSPS) is 16.6. The number of nitrogens with zero attached hydrogens (tertiary/aromatic N) is 1. The molecule has 0 aromatic heterocycles. The second-order valence-corrected chi connectivity index (χ2v) is 7.68. The van der Waals surface area contributed by atoms with Crippen molar-refractivity contribution in [3.8, 4) is 0 Å². The van der Waals surface area contributed by atoms with Crippen LogP contribution in [0.3, 0.4) is 0 Å². The summed E-state index contributed by atoms with van der Waals surface area (Å²) in [6, 6.07) is 13.9. The van der Waals surface area contributed by atoms with Crippen molar-refractivity contribution >= 4 is 28.3 Å². The lowest BCUT2D eigenvalue weighted by Crippen LogP contribution is -2.48. The van der Waals surface area contributed by atoms with Crippen LogP contribution in [-0.4, -0.2) is 42.4 Å². The standard InChI is InChI=1S/C23H31N3O2/c1-3-4-13-24-23(28)19-11-14-26(15-12-19)17(2)22(27)25-21-10-9-18-7-5-6-8-20(18)16-21/h5-10,16-17,19H,3-4,11-15H2,1-2H3,(H,24,28)(H,25,27)/t17-/m0/s1. The third kappa shape index (κ3) is 5.10. The first-order chi connectivity index (χ1) is 13.6. The van der Waals surface area contributed by atoms with Crippen LogP contribution in [0.4, 0.5) is 5.69 Å². The Morgan fingerprint density at radius 3 is 2.54 bits per heavy atom. The molecule has 5 nitrogen and oxygen atoms in total. The molecule has 0 radical (unpaired) electrons. The zero-order valence-corrected chi connectivity index (χ0v) is 16.9. The Kier molecular flexibility index (Phi) is 7.04. The number of hydrogen-bond acceptors (Lipinski definition) is 3. The predicted molar refractivity (Wildman–Crippen MR) is 114 cm³/mol. The number of amides is 2. The summed E-state index contributed by atoms with van der Waals surface area (Å²) in [6.45, 7) is 6.38. The molecule has 1 aliphatic rings. The van der Waals surface area contributed by atoms with Crippen molar-refractivity contribution in [3.05, 3.63) is 42.5 Å². The fourth-order valence-corrected chi connectivity index (χ4v) is 3.76. The maximum atomic E-state index is 12.7. The number of unbranched alkanes of at least 4 members (excludes halogenated alkanes) is 1. The fraction of sp³-hybridized carbons (Fsp3) is 0.478. The third-order valence-electron chi connectivity index (χ3n) is 5.67. The molecule has 1 saturated heterocycles. The van der Waals surface area contributed by atoms with E-state index in [1.54, 1.807) is 0 Å². The van der Waals surface area contributed by atoms with Crippen LogP contribution in [0.15, 0.2) is 42.5 Å². The SMILES string of the molecule is CCCCNC(=O)C1CCN([C@@H](C)C(=O)Nc2ccc3ccccc3c2)CC1. The highest BCUT2D eigenvalue weighted by Crippen LogP contribution is 2.22. The Morgan fingerprint density at radius 2 is 1.82 bits per heavy atom. The molecule has 0 aliphatic carbocycles. The van der Waals surface area contributed by atoms with Crippen LogP contribution in [-0.2, 0) is 9.59 Å². The molecule has 2 aromatic carbocycles. The molecule has 0 bridgehead atoms. The molecular weight excluding hydrogens is 350 g/mol. The van der Waals surface area contributed by atoms with Gasteiger partial charge in [0.05, 0.1) is 6.04 Å². The molecule has 0 saturated carbocycles. The van der Waals surface area contributed by atoms with E-state index in [1.165, 1.54) is 0 Å². The predicted octanol–water partition coefficient (Wildman–Crippen LogP) is 3.80. The minimum atomic E-state index is -0.212. The Labute approximate surface area is 167 Å². The number of carbonyl (C=O) groups is 2. The molecular formula is C23H31N3O2. The Bertz CT molecular complexity index is 812. The molecule has 1 heterocycles. The summed E-state index contributed by atoms with van der Waals surface area (Å²) in [5.41, 5.74) is 0.820. The van der Waals surface area contributed by atoms with Gasteiger partial charge in [-0.3, -0.25) is 14.5 Å². The van der Waals surface area contributed by atoms with Gasteiger partial charge in [-0.05, 0) is 62.2 Å². The maximum absolute atomic E-state index is 12.7. The van der Waals surface area contributed by atoms with Crippen LogP contribution >= 0.6 is 0 Å². The van der Waals surface area contributed by atoms with Gasteiger partial charge in [-0.15, -0.1) is 0 Å². The van der Waals surface area contributed by atoms with Crippen LogP contribution in [0.1, 0.15) is 39.5 Å². The van der Waals surface area contributed by atoms with E-state index >= 15 is 0 Å².